The van der Waals surface area contributed by atoms with Gasteiger partial charge in [0.2, 0.25) is 5.75 Å². The molecule has 0 unspecified atom stereocenters. The molecule has 3 aromatic rings. The van der Waals surface area contributed by atoms with E-state index < -0.39 is 0 Å². The van der Waals surface area contributed by atoms with Crippen LogP contribution in [-0.4, -0.2) is 46.4 Å². The van der Waals surface area contributed by atoms with Gasteiger partial charge in [-0.3, -0.25) is 4.79 Å². The summed E-state index contributed by atoms with van der Waals surface area (Å²) in [5.41, 5.74) is 2.45. The zero-order chi connectivity index (χ0) is 26.6. The molecule has 0 fully saturated rings. The Bertz CT molecular complexity index is 1260. The summed E-state index contributed by atoms with van der Waals surface area (Å²) in [4.78, 5) is 13.6. The molecule has 0 bridgehead atoms. The lowest BCUT2D eigenvalue weighted by molar-refractivity contribution is 0.0955. The number of aromatic hydroxyl groups is 1. The van der Waals surface area contributed by atoms with Gasteiger partial charge in [-0.15, -0.1) is 0 Å². The molecule has 0 amide bonds. The van der Waals surface area contributed by atoms with Gasteiger partial charge < -0.3 is 28.8 Å². The van der Waals surface area contributed by atoms with Crippen molar-refractivity contribution >= 4 is 16.6 Å². The fraction of sp³-hybridized carbons (Fsp3) is 0.414. The van der Waals surface area contributed by atoms with Crippen molar-refractivity contribution in [2.24, 2.45) is 5.92 Å². The van der Waals surface area contributed by atoms with Gasteiger partial charge in [0.15, 0.2) is 28.8 Å². The summed E-state index contributed by atoms with van der Waals surface area (Å²) in [5, 5.41) is 12.5. The maximum absolute atomic E-state index is 13.6. The average Bonchev–Trinajstić information content (AvgIpc) is 2.90. The smallest absolute Gasteiger partial charge is 0.203 e. The van der Waals surface area contributed by atoms with Crippen molar-refractivity contribution in [3.63, 3.8) is 0 Å². The first-order valence-corrected chi connectivity index (χ1v) is 12.0. The zero-order valence-electron chi connectivity index (χ0n) is 22.4. The van der Waals surface area contributed by atoms with E-state index in [2.05, 4.69) is 13.8 Å². The first kappa shape index (κ1) is 27.0. The van der Waals surface area contributed by atoms with Gasteiger partial charge in [-0.05, 0) is 47.7 Å². The molecule has 0 saturated carbocycles. The van der Waals surface area contributed by atoms with Gasteiger partial charge >= 0.3 is 0 Å². The molecule has 0 spiro atoms. The van der Waals surface area contributed by atoms with Crippen molar-refractivity contribution < 1.29 is 33.6 Å². The number of fused-ring (bicyclic) bond motifs is 1. The summed E-state index contributed by atoms with van der Waals surface area (Å²) in [6.45, 7) is 6.00. The molecule has 0 aliphatic rings. The third kappa shape index (κ3) is 4.62. The zero-order valence-corrected chi connectivity index (χ0v) is 22.4. The van der Waals surface area contributed by atoms with Crippen molar-refractivity contribution in [2.45, 2.75) is 40.0 Å². The lowest BCUT2D eigenvalue weighted by Crippen LogP contribution is -2.11. The molecule has 1 N–H and O–H groups in total. The summed E-state index contributed by atoms with van der Waals surface area (Å²) in [6.07, 6.45) is 2.12. The third-order valence-electron chi connectivity index (χ3n) is 6.90. The molecule has 0 aliphatic heterocycles. The number of ketones is 1. The Morgan fingerprint density at radius 3 is 1.97 bits per heavy atom. The van der Waals surface area contributed by atoms with E-state index in [4.69, 9.17) is 23.7 Å². The van der Waals surface area contributed by atoms with Crippen LogP contribution in [0.15, 0.2) is 24.3 Å². The molecular weight excluding hydrogens is 460 g/mol. The van der Waals surface area contributed by atoms with Gasteiger partial charge in [0.1, 0.15) is 5.75 Å². The number of Topliss-reactive ketones (excluding diaryl/α,β-unsaturated/α-hetero) is 1. The van der Waals surface area contributed by atoms with E-state index in [0.717, 1.165) is 24.0 Å². The molecule has 194 valence electrons. The first-order valence-electron chi connectivity index (χ1n) is 12.0. The second kappa shape index (κ2) is 11.4. The second-order valence-electron chi connectivity index (χ2n) is 8.67. The molecule has 36 heavy (non-hydrogen) atoms. The lowest BCUT2D eigenvalue weighted by Gasteiger charge is -2.23. The van der Waals surface area contributed by atoms with Crippen molar-refractivity contribution in [2.75, 3.05) is 35.5 Å². The second-order valence-corrected chi connectivity index (χ2v) is 8.67. The molecule has 0 aliphatic carbocycles. The van der Waals surface area contributed by atoms with Crippen LogP contribution in [-0.2, 0) is 0 Å². The number of carbonyl (C=O) groups is 1. The molecule has 0 heterocycles. The van der Waals surface area contributed by atoms with E-state index in [0.29, 0.717) is 57.1 Å². The Morgan fingerprint density at radius 1 is 0.833 bits per heavy atom. The van der Waals surface area contributed by atoms with Crippen LogP contribution in [0.4, 0.5) is 0 Å². The SMILES string of the molecule is CCC(CC)CC(=O)c1c(C)c(-c2ccc(OC)c(OC)c2)c2c(OC)c(OC)c(OC)cc2c1O. The van der Waals surface area contributed by atoms with Crippen LogP contribution in [0.5, 0.6) is 34.5 Å². The molecule has 7 nitrogen and oxygen atoms in total. The van der Waals surface area contributed by atoms with E-state index in [-0.39, 0.29) is 17.5 Å². The van der Waals surface area contributed by atoms with Crippen LogP contribution in [0, 0.1) is 12.8 Å². The Kier molecular flexibility index (Phi) is 8.56. The highest BCUT2D eigenvalue weighted by atomic mass is 16.5. The van der Waals surface area contributed by atoms with Gasteiger partial charge in [-0.1, -0.05) is 32.8 Å². The Morgan fingerprint density at radius 2 is 1.44 bits per heavy atom. The molecule has 0 aromatic heterocycles. The van der Waals surface area contributed by atoms with Crippen LogP contribution in [0.25, 0.3) is 21.9 Å². The fourth-order valence-electron chi connectivity index (χ4n) is 4.85. The molecule has 3 rings (SSSR count). The van der Waals surface area contributed by atoms with Crippen molar-refractivity contribution in [3.8, 4) is 45.6 Å². The standard InChI is InChI=1S/C29H36O7/c1-9-17(10-2)13-20(30)25-16(3)24(18-11-12-21(32-4)22(14-18)33-5)26-19(27(25)31)15-23(34-6)28(35-7)29(26)36-8/h11-12,14-15,17,31H,9-10,13H2,1-8H3. The van der Waals surface area contributed by atoms with Crippen molar-refractivity contribution in [1.29, 1.82) is 0 Å². The highest BCUT2D eigenvalue weighted by Gasteiger charge is 2.29. The number of carbonyl (C=O) groups excluding carboxylic acids is 1. The Hall–Kier alpha value is -3.61. The summed E-state index contributed by atoms with van der Waals surface area (Å²) in [6, 6.07) is 7.24. The van der Waals surface area contributed by atoms with E-state index in [1.165, 1.54) is 21.3 Å². The number of ether oxygens (including phenoxy) is 5. The van der Waals surface area contributed by atoms with Gasteiger partial charge in [-0.25, -0.2) is 0 Å². The van der Waals surface area contributed by atoms with Crippen LogP contribution < -0.4 is 23.7 Å². The first-order chi connectivity index (χ1) is 17.3. The van der Waals surface area contributed by atoms with Crippen LogP contribution in [0.3, 0.4) is 0 Å². The molecular formula is C29H36O7. The molecule has 0 radical (unpaired) electrons. The number of hydrogen-bond acceptors (Lipinski definition) is 7. The third-order valence-corrected chi connectivity index (χ3v) is 6.90. The topological polar surface area (TPSA) is 83.5 Å². The summed E-state index contributed by atoms with van der Waals surface area (Å²) in [7, 11) is 7.73. The summed E-state index contributed by atoms with van der Waals surface area (Å²) in [5.74, 6) is 2.34. The number of benzene rings is 3. The van der Waals surface area contributed by atoms with E-state index in [9.17, 15) is 9.90 Å². The summed E-state index contributed by atoms with van der Waals surface area (Å²) < 4.78 is 28.0. The monoisotopic (exact) mass is 496 g/mol. The largest absolute Gasteiger partial charge is 0.507 e. The van der Waals surface area contributed by atoms with Gasteiger partial charge in [-0.2, -0.15) is 0 Å². The fourth-order valence-corrected chi connectivity index (χ4v) is 4.85. The quantitative estimate of drug-likeness (QED) is 0.301. The molecule has 3 aromatic carbocycles. The molecule has 0 atom stereocenters. The minimum atomic E-state index is -0.101. The number of hydrogen-bond donors (Lipinski definition) is 1. The van der Waals surface area contributed by atoms with Crippen LogP contribution in [0.2, 0.25) is 0 Å². The van der Waals surface area contributed by atoms with E-state index in [1.54, 1.807) is 20.3 Å². The van der Waals surface area contributed by atoms with Crippen molar-refractivity contribution in [3.05, 3.63) is 35.4 Å². The summed E-state index contributed by atoms with van der Waals surface area (Å²) >= 11 is 0. The highest BCUT2D eigenvalue weighted by molar-refractivity contribution is 6.15. The van der Waals surface area contributed by atoms with E-state index in [1.807, 2.05) is 25.1 Å². The Labute approximate surface area is 212 Å². The van der Waals surface area contributed by atoms with E-state index >= 15 is 0 Å². The predicted molar refractivity (Wildman–Crippen MR) is 142 cm³/mol. The number of rotatable bonds is 11. The predicted octanol–water partition coefficient (Wildman–Crippen LogP) is 6.57. The maximum atomic E-state index is 13.6. The average molecular weight is 497 g/mol. The number of methoxy groups -OCH3 is 5. The maximum Gasteiger partial charge on any atom is 0.203 e. The molecule has 0 saturated heterocycles. The van der Waals surface area contributed by atoms with Gasteiger partial charge in [0, 0.05) is 17.2 Å². The molecule has 7 heteroatoms. The lowest BCUT2D eigenvalue weighted by atomic mass is 9.84. The van der Waals surface area contributed by atoms with Crippen LogP contribution in [0.1, 0.15) is 49.0 Å². The van der Waals surface area contributed by atoms with Crippen LogP contribution >= 0.6 is 0 Å². The minimum absolute atomic E-state index is 0.0954. The van der Waals surface area contributed by atoms with Gasteiger partial charge in [0.05, 0.1) is 41.1 Å². The number of phenolic OH excluding ortho intramolecular Hbond substituents is 1. The van der Waals surface area contributed by atoms with Gasteiger partial charge in [0.25, 0.3) is 0 Å². The van der Waals surface area contributed by atoms with Crippen molar-refractivity contribution in [1.82, 2.24) is 0 Å². The minimum Gasteiger partial charge on any atom is -0.507 e. The highest BCUT2D eigenvalue weighted by Crippen LogP contribution is 2.52. The normalized spacial score (nSPS) is 11.0. The Balaban J connectivity index is 2.51. The number of phenols is 1.